The Kier molecular flexibility index (Phi) is 7.93. The number of aryl methyl sites for hydroxylation is 2. The molecular weight excluding hydrogens is 480 g/mol. The Hall–Kier alpha value is -3.10. The highest BCUT2D eigenvalue weighted by atomic mass is 32.2. The van der Waals surface area contributed by atoms with Crippen LogP contribution in [0.25, 0.3) is 0 Å². The van der Waals surface area contributed by atoms with Crippen molar-refractivity contribution in [1.82, 2.24) is 0 Å². The zero-order valence-corrected chi connectivity index (χ0v) is 21.6. The number of thioether (sulfide) groups is 1. The predicted molar refractivity (Wildman–Crippen MR) is 142 cm³/mol. The fourth-order valence-electron chi connectivity index (χ4n) is 4.12. The molecule has 1 atom stereocenters. The first kappa shape index (κ1) is 25.0. The number of thiophene rings is 1. The molecule has 8 heteroatoms. The number of esters is 1. The maximum Gasteiger partial charge on any atom is 0.341 e. The molecule has 3 aromatic rings. The molecule has 1 aliphatic rings. The molecule has 0 bridgehead atoms. The average Bonchev–Trinajstić information content (AvgIpc) is 3.21. The number of carbonyl (C=O) groups is 3. The minimum Gasteiger partial charge on any atom is -0.465 e. The average molecular weight is 509 g/mol. The van der Waals surface area contributed by atoms with E-state index in [9.17, 15) is 14.4 Å². The molecule has 0 saturated heterocycles. The van der Waals surface area contributed by atoms with Crippen LogP contribution >= 0.6 is 23.1 Å². The molecule has 0 aliphatic heterocycles. The maximum atomic E-state index is 13.0. The number of ether oxygens (including phenoxy) is 1. The Bertz CT molecular complexity index is 1270. The monoisotopic (exact) mass is 508 g/mol. The van der Waals surface area contributed by atoms with Crippen LogP contribution in [-0.2, 0) is 22.4 Å². The lowest BCUT2D eigenvalue weighted by Gasteiger charge is -2.14. The molecule has 2 amide bonds. The number of benzene rings is 2. The quantitative estimate of drug-likeness (QED) is 0.298. The van der Waals surface area contributed by atoms with Crippen molar-refractivity contribution in [2.75, 3.05) is 17.7 Å². The molecule has 0 saturated carbocycles. The van der Waals surface area contributed by atoms with E-state index in [0.717, 1.165) is 46.6 Å². The topological polar surface area (TPSA) is 84.5 Å². The van der Waals surface area contributed by atoms with Gasteiger partial charge in [-0.05, 0) is 74.9 Å². The van der Waals surface area contributed by atoms with Gasteiger partial charge in [-0.1, -0.05) is 24.3 Å². The summed E-state index contributed by atoms with van der Waals surface area (Å²) in [4.78, 5) is 40.2. The zero-order chi connectivity index (χ0) is 24.9. The van der Waals surface area contributed by atoms with E-state index in [4.69, 9.17) is 4.74 Å². The lowest BCUT2D eigenvalue weighted by atomic mass is 9.95. The molecule has 6 nitrogen and oxygen atoms in total. The maximum absolute atomic E-state index is 13.0. The van der Waals surface area contributed by atoms with Crippen LogP contribution in [-0.4, -0.2) is 30.1 Å². The highest BCUT2D eigenvalue weighted by Gasteiger charge is 2.28. The number of hydrogen-bond donors (Lipinski definition) is 2. The molecule has 0 fully saturated rings. The standard InChI is InChI=1S/C27H28N2O4S2/c1-16-9-4-5-12-20(16)25(31)28-18-10-8-11-19(15-18)34-17(2)24(30)29-26-23(27(32)33-3)21-13-6-7-14-22(21)35-26/h4-5,8-12,15,17H,6-7,13-14H2,1-3H3,(H,28,31)(H,29,30). The van der Waals surface area contributed by atoms with Gasteiger partial charge in [-0.15, -0.1) is 23.1 Å². The minimum absolute atomic E-state index is 0.173. The van der Waals surface area contributed by atoms with Crippen molar-refractivity contribution >= 4 is 51.6 Å². The van der Waals surface area contributed by atoms with Gasteiger partial charge in [0.15, 0.2) is 0 Å². The third-order valence-corrected chi connectivity index (χ3v) is 8.26. The second-order valence-corrected chi connectivity index (χ2v) is 11.0. The lowest BCUT2D eigenvalue weighted by molar-refractivity contribution is -0.115. The van der Waals surface area contributed by atoms with Crippen LogP contribution in [0.4, 0.5) is 10.7 Å². The third kappa shape index (κ3) is 5.77. The molecule has 2 N–H and O–H groups in total. The van der Waals surface area contributed by atoms with Gasteiger partial charge in [-0.2, -0.15) is 0 Å². The number of anilines is 2. The zero-order valence-electron chi connectivity index (χ0n) is 20.0. The summed E-state index contributed by atoms with van der Waals surface area (Å²) in [5.41, 5.74) is 3.70. The summed E-state index contributed by atoms with van der Waals surface area (Å²) in [6.45, 7) is 3.72. The minimum atomic E-state index is -0.415. The predicted octanol–water partition coefficient (Wildman–Crippen LogP) is 6.09. The Morgan fingerprint density at radius 2 is 1.80 bits per heavy atom. The first-order valence-corrected chi connectivity index (χ1v) is 13.2. The normalized spacial score (nSPS) is 13.5. The van der Waals surface area contributed by atoms with E-state index in [1.807, 2.05) is 56.3 Å². The van der Waals surface area contributed by atoms with Crippen LogP contribution in [0.5, 0.6) is 0 Å². The van der Waals surface area contributed by atoms with Crippen LogP contribution in [0.1, 0.15) is 56.5 Å². The van der Waals surface area contributed by atoms with E-state index < -0.39 is 11.2 Å². The van der Waals surface area contributed by atoms with Crippen molar-refractivity contribution in [1.29, 1.82) is 0 Å². The van der Waals surface area contributed by atoms with Gasteiger partial charge < -0.3 is 15.4 Å². The third-order valence-electron chi connectivity index (χ3n) is 5.96. The molecule has 1 unspecified atom stereocenters. The van der Waals surface area contributed by atoms with E-state index in [1.54, 1.807) is 6.07 Å². The second-order valence-electron chi connectivity index (χ2n) is 8.45. The van der Waals surface area contributed by atoms with Gasteiger partial charge in [0.25, 0.3) is 5.91 Å². The van der Waals surface area contributed by atoms with E-state index in [-0.39, 0.29) is 11.8 Å². The van der Waals surface area contributed by atoms with Gasteiger partial charge in [-0.3, -0.25) is 9.59 Å². The van der Waals surface area contributed by atoms with Crippen LogP contribution in [0.3, 0.4) is 0 Å². The number of rotatable bonds is 7. The smallest absolute Gasteiger partial charge is 0.341 e. The SMILES string of the molecule is COC(=O)c1c(NC(=O)C(C)Sc2cccc(NC(=O)c3ccccc3C)c2)sc2c1CCCC2. The molecule has 1 aromatic heterocycles. The molecular formula is C27H28N2O4S2. The number of nitrogens with one attached hydrogen (secondary N) is 2. The van der Waals surface area contributed by atoms with E-state index in [1.165, 1.54) is 30.2 Å². The summed E-state index contributed by atoms with van der Waals surface area (Å²) in [5, 5.41) is 6.05. The Morgan fingerprint density at radius 1 is 1.03 bits per heavy atom. The van der Waals surface area contributed by atoms with Crippen LogP contribution < -0.4 is 10.6 Å². The lowest BCUT2D eigenvalue weighted by Crippen LogP contribution is -2.23. The van der Waals surface area contributed by atoms with Crippen molar-refractivity contribution in [3.63, 3.8) is 0 Å². The second kappa shape index (κ2) is 11.1. The van der Waals surface area contributed by atoms with Gasteiger partial charge >= 0.3 is 5.97 Å². The van der Waals surface area contributed by atoms with Crippen molar-refractivity contribution < 1.29 is 19.1 Å². The molecule has 35 heavy (non-hydrogen) atoms. The molecule has 1 heterocycles. The largest absolute Gasteiger partial charge is 0.465 e. The first-order valence-electron chi connectivity index (χ1n) is 11.5. The number of methoxy groups -OCH3 is 1. The summed E-state index contributed by atoms with van der Waals surface area (Å²) in [5.74, 6) is -0.766. The highest BCUT2D eigenvalue weighted by Crippen LogP contribution is 2.39. The number of carbonyl (C=O) groups excluding carboxylic acids is 3. The van der Waals surface area contributed by atoms with Crippen molar-refractivity contribution in [2.24, 2.45) is 0 Å². The fraction of sp³-hybridized carbons (Fsp3) is 0.296. The number of hydrogen-bond acceptors (Lipinski definition) is 6. The van der Waals surface area contributed by atoms with Crippen molar-refractivity contribution in [3.8, 4) is 0 Å². The molecule has 0 radical (unpaired) electrons. The number of fused-ring (bicyclic) bond motifs is 1. The number of amides is 2. The fourth-order valence-corrected chi connectivity index (χ4v) is 6.32. The Balaban J connectivity index is 1.44. The van der Waals surface area contributed by atoms with Gasteiger partial charge in [0.1, 0.15) is 5.00 Å². The highest BCUT2D eigenvalue weighted by molar-refractivity contribution is 8.00. The van der Waals surface area contributed by atoms with Crippen LogP contribution in [0, 0.1) is 6.92 Å². The summed E-state index contributed by atoms with van der Waals surface area (Å²) in [7, 11) is 1.37. The molecule has 182 valence electrons. The van der Waals surface area contributed by atoms with Crippen molar-refractivity contribution in [3.05, 3.63) is 75.7 Å². The Morgan fingerprint density at radius 3 is 2.57 bits per heavy atom. The molecule has 4 rings (SSSR count). The van der Waals surface area contributed by atoms with Crippen molar-refractivity contribution in [2.45, 2.75) is 49.7 Å². The van der Waals surface area contributed by atoms with Gasteiger partial charge in [0, 0.05) is 21.0 Å². The summed E-state index contributed by atoms with van der Waals surface area (Å²) < 4.78 is 5.00. The summed E-state index contributed by atoms with van der Waals surface area (Å²) in [6, 6.07) is 14.9. The summed E-state index contributed by atoms with van der Waals surface area (Å²) in [6.07, 6.45) is 3.87. The summed E-state index contributed by atoms with van der Waals surface area (Å²) >= 11 is 2.87. The van der Waals surface area contributed by atoms with Crippen LogP contribution in [0.2, 0.25) is 0 Å². The first-order chi connectivity index (χ1) is 16.9. The van der Waals surface area contributed by atoms with E-state index in [0.29, 0.717) is 21.8 Å². The van der Waals surface area contributed by atoms with Crippen LogP contribution in [0.15, 0.2) is 53.4 Å². The van der Waals surface area contributed by atoms with Gasteiger partial charge in [0.05, 0.1) is 17.9 Å². The van der Waals surface area contributed by atoms with E-state index in [2.05, 4.69) is 10.6 Å². The molecule has 0 spiro atoms. The Labute approximate surface area is 213 Å². The van der Waals surface area contributed by atoms with Gasteiger partial charge in [0.2, 0.25) is 5.91 Å². The molecule has 1 aliphatic carbocycles. The van der Waals surface area contributed by atoms with Gasteiger partial charge in [-0.25, -0.2) is 4.79 Å². The van der Waals surface area contributed by atoms with E-state index >= 15 is 0 Å². The molecule has 2 aromatic carbocycles.